The maximum atomic E-state index is 12.2. The third kappa shape index (κ3) is 5.62. The zero-order valence-corrected chi connectivity index (χ0v) is 19.1. The second-order valence-corrected chi connectivity index (χ2v) is 7.65. The molecule has 0 saturated carbocycles. The monoisotopic (exact) mass is 468 g/mol. The molecule has 0 aliphatic rings. The van der Waals surface area contributed by atoms with Crippen molar-refractivity contribution in [2.75, 3.05) is 13.7 Å². The quantitative estimate of drug-likeness (QED) is 0.285. The van der Waals surface area contributed by atoms with Gasteiger partial charge in [0, 0.05) is 17.0 Å². The van der Waals surface area contributed by atoms with Crippen molar-refractivity contribution < 1.29 is 19.4 Å². The largest absolute Gasteiger partial charge is 0.496 e. The van der Waals surface area contributed by atoms with Crippen LogP contribution in [0.3, 0.4) is 0 Å². The Kier molecular flexibility index (Phi) is 7.32. The molecule has 0 aliphatic heterocycles. The van der Waals surface area contributed by atoms with E-state index < -0.39 is 11.8 Å². The van der Waals surface area contributed by atoms with E-state index in [0.717, 1.165) is 16.6 Å². The highest BCUT2D eigenvalue weighted by Gasteiger charge is 2.17. The lowest BCUT2D eigenvalue weighted by Gasteiger charge is -2.06. The summed E-state index contributed by atoms with van der Waals surface area (Å²) in [6.45, 7) is 0.104. The summed E-state index contributed by atoms with van der Waals surface area (Å²) in [6.07, 6.45) is 2.91. The Labute approximate surface area is 202 Å². The minimum Gasteiger partial charge on any atom is -0.496 e. The van der Waals surface area contributed by atoms with E-state index in [4.69, 9.17) is 4.74 Å². The normalized spacial score (nSPS) is 11.3. The lowest BCUT2D eigenvalue weighted by Crippen LogP contribution is -2.26. The maximum Gasteiger partial charge on any atom is 0.283 e. The van der Waals surface area contributed by atoms with Crippen LogP contribution in [0.25, 0.3) is 17.0 Å². The van der Waals surface area contributed by atoms with E-state index in [9.17, 15) is 14.7 Å². The van der Waals surface area contributed by atoms with Gasteiger partial charge in [-0.25, -0.2) is 0 Å². The molecule has 1 heterocycles. The van der Waals surface area contributed by atoms with Crippen LogP contribution in [0.1, 0.15) is 11.1 Å². The van der Waals surface area contributed by atoms with E-state index in [1.165, 1.54) is 6.08 Å². The van der Waals surface area contributed by atoms with Gasteiger partial charge in [-0.3, -0.25) is 9.59 Å². The van der Waals surface area contributed by atoms with Crippen molar-refractivity contribution in [2.24, 2.45) is 10.2 Å². The molecule has 0 unspecified atom stereocenters. The highest BCUT2D eigenvalue weighted by Crippen LogP contribution is 2.39. The van der Waals surface area contributed by atoms with E-state index in [-0.39, 0.29) is 18.1 Å². The molecule has 4 aromatic rings. The zero-order chi connectivity index (χ0) is 24.6. The van der Waals surface area contributed by atoms with Gasteiger partial charge in [0.2, 0.25) is 11.8 Å². The first-order valence-electron chi connectivity index (χ1n) is 10.9. The van der Waals surface area contributed by atoms with E-state index in [1.807, 2.05) is 66.7 Å². The van der Waals surface area contributed by atoms with Gasteiger partial charge in [0.05, 0.1) is 19.2 Å². The van der Waals surface area contributed by atoms with Crippen molar-refractivity contribution in [3.8, 4) is 11.6 Å². The van der Waals surface area contributed by atoms with Crippen molar-refractivity contribution in [2.45, 2.75) is 6.54 Å². The fourth-order valence-electron chi connectivity index (χ4n) is 3.63. The number of hydrogen-bond acceptors (Lipinski definition) is 5. The molecule has 2 amide bonds. The second kappa shape index (κ2) is 10.9. The minimum atomic E-state index is -0.650. The Bertz CT molecular complexity index is 1410. The van der Waals surface area contributed by atoms with Crippen molar-refractivity contribution in [3.63, 3.8) is 0 Å². The Morgan fingerprint density at radius 2 is 1.71 bits per heavy atom. The van der Waals surface area contributed by atoms with E-state index in [1.54, 1.807) is 29.9 Å². The Morgan fingerprint density at radius 3 is 2.51 bits per heavy atom. The van der Waals surface area contributed by atoms with Crippen molar-refractivity contribution in [1.82, 2.24) is 9.88 Å². The molecule has 0 bridgehead atoms. The number of rotatable bonds is 8. The number of azo groups is 1. The van der Waals surface area contributed by atoms with Gasteiger partial charge >= 0.3 is 0 Å². The topological polar surface area (TPSA) is 105 Å². The third-order valence-electron chi connectivity index (χ3n) is 5.33. The van der Waals surface area contributed by atoms with E-state index in [2.05, 4.69) is 15.5 Å². The van der Waals surface area contributed by atoms with Crippen LogP contribution < -0.4 is 10.1 Å². The highest BCUT2D eigenvalue weighted by molar-refractivity contribution is 5.96. The molecule has 0 fully saturated rings. The number of nitrogens with one attached hydrogen (secondary N) is 1. The van der Waals surface area contributed by atoms with Gasteiger partial charge in [0.15, 0.2) is 5.69 Å². The zero-order valence-electron chi connectivity index (χ0n) is 19.1. The highest BCUT2D eigenvalue weighted by atomic mass is 16.5. The van der Waals surface area contributed by atoms with Gasteiger partial charge < -0.3 is 19.7 Å². The molecule has 8 nitrogen and oxygen atoms in total. The van der Waals surface area contributed by atoms with Crippen LogP contribution in [0, 0.1) is 0 Å². The Morgan fingerprint density at radius 1 is 1.00 bits per heavy atom. The molecular weight excluding hydrogens is 444 g/mol. The van der Waals surface area contributed by atoms with Crippen LogP contribution in [0.5, 0.6) is 11.6 Å². The number of methoxy groups -OCH3 is 1. The minimum absolute atomic E-state index is 0.0876. The smallest absolute Gasteiger partial charge is 0.283 e. The fraction of sp³-hybridized carbons (Fsp3) is 0.111. The predicted molar refractivity (Wildman–Crippen MR) is 134 cm³/mol. The number of aromatic nitrogens is 1. The molecule has 0 spiro atoms. The standard InChI is InChI=1S/C27H24N4O4/c1-35-23-14-8-5-11-20(23)15-16-24(32)28-17-25(33)29-30-26-21-12-6-7-13-22(21)31(27(26)34)18-19-9-3-2-4-10-19/h2-16,34H,17-18H2,1H3,(H,28,32)/b16-15+,30-29?. The van der Waals surface area contributed by atoms with Crippen LogP contribution in [-0.4, -0.2) is 35.1 Å². The number of nitrogens with zero attached hydrogens (tertiary/aromatic N) is 3. The fourth-order valence-corrected chi connectivity index (χ4v) is 3.63. The molecule has 4 rings (SSSR count). The first-order chi connectivity index (χ1) is 17.1. The average Bonchev–Trinajstić information content (AvgIpc) is 3.16. The number of para-hydroxylation sites is 2. The molecular formula is C27H24N4O4. The molecule has 0 saturated heterocycles. The first-order valence-corrected chi connectivity index (χ1v) is 10.9. The van der Waals surface area contributed by atoms with Crippen LogP contribution >= 0.6 is 0 Å². The average molecular weight is 469 g/mol. The second-order valence-electron chi connectivity index (χ2n) is 7.65. The van der Waals surface area contributed by atoms with Gasteiger partial charge in [0.1, 0.15) is 12.3 Å². The lowest BCUT2D eigenvalue weighted by atomic mass is 10.2. The summed E-state index contributed by atoms with van der Waals surface area (Å²) >= 11 is 0. The van der Waals surface area contributed by atoms with Crippen LogP contribution in [0.4, 0.5) is 5.69 Å². The summed E-state index contributed by atoms with van der Waals surface area (Å²) in [5.74, 6) is -0.562. The molecule has 2 N–H and O–H groups in total. The lowest BCUT2D eigenvalue weighted by molar-refractivity contribution is -0.122. The summed E-state index contributed by atoms with van der Waals surface area (Å²) in [7, 11) is 1.55. The molecule has 0 radical (unpaired) electrons. The molecule has 176 valence electrons. The van der Waals surface area contributed by atoms with Gasteiger partial charge in [0.25, 0.3) is 5.91 Å². The van der Waals surface area contributed by atoms with Gasteiger partial charge in [-0.2, -0.15) is 0 Å². The SMILES string of the molecule is COc1ccccc1/C=C/C(=O)NCC(=O)N=Nc1c(O)n(Cc2ccccc2)c2ccccc12. The number of carbonyl (C=O) groups excluding carboxylic acids is 2. The number of aromatic hydroxyl groups is 1. The summed E-state index contributed by atoms with van der Waals surface area (Å²) in [5.41, 5.74) is 2.71. The number of amides is 2. The van der Waals surface area contributed by atoms with Crippen LogP contribution in [0.15, 0.2) is 95.2 Å². The molecule has 0 atom stereocenters. The van der Waals surface area contributed by atoms with Crippen molar-refractivity contribution in [1.29, 1.82) is 0 Å². The summed E-state index contributed by atoms with van der Waals surface area (Å²) in [5, 5.41) is 21.7. The molecule has 0 aliphatic carbocycles. The predicted octanol–water partition coefficient (Wildman–Crippen LogP) is 4.84. The van der Waals surface area contributed by atoms with Gasteiger partial charge in [-0.1, -0.05) is 66.7 Å². The maximum absolute atomic E-state index is 12.2. The van der Waals surface area contributed by atoms with Crippen LogP contribution in [0.2, 0.25) is 0 Å². The van der Waals surface area contributed by atoms with Crippen molar-refractivity contribution in [3.05, 3.63) is 96.1 Å². The number of ether oxygens (including phenoxy) is 1. The molecule has 1 aromatic heterocycles. The Balaban J connectivity index is 1.44. The number of fused-ring (bicyclic) bond motifs is 1. The van der Waals surface area contributed by atoms with Crippen molar-refractivity contribution >= 4 is 34.5 Å². The van der Waals surface area contributed by atoms with Crippen LogP contribution in [-0.2, 0) is 16.1 Å². The van der Waals surface area contributed by atoms with Gasteiger partial charge in [-0.15, -0.1) is 10.2 Å². The summed E-state index contributed by atoms with van der Waals surface area (Å²) in [6, 6.07) is 24.3. The van der Waals surface area contributed by atoms with E-state index >= 15 is 0 Å². The van der Waals surface area contributed by atoms with E-state index in [0.29, 0.717) is 17.7 Å². The summed E-state index contributed by atoms with van der Waals surface area (Å²) < 4.78 is 6.95. The first kappa shape index (κ1) is 23.4. The summed E-state index contributed by atoms with van der Waals surface area (Å²) in [4.78, 5) is 24.3. The molecule has 35 heavy (non-hydrogen) atoms. The molecule has 3 aromatic carbocycles. The van der Waals surface area contributed by atoms with Gasteiger partial charge in [-0.05, 0) is 23.8 Å². The third-order valence-corrected chi connectivity index (χ3v) is 5.33. The molecule has 8 heteroatoms. The number of carbonyl (C=O) groups is 2. The number of hydrogen-bond donors (Lipinski definition) is 2. The number of benzene rings is 3. The Hall–Kier alpha value is -4.72.